The van der Waals surface area contributed by atoms with Crippen molar-refractivity contribution in [3.8, 4) is 0 Å². The molecule has 1 saturated carbocycles. The van der Waals surface area contributed by atoms with Crippen LogP contribution in [0.1, 0.15) is 38.5 Å². The highest BCUT2D eigenvalue weighted by atomic mass is 16.5. The van der Waals surface area contributed by atoms with E-state index in [4.69, 9.17) is 4.74 Å². The molecule has 2 aliphatic heterocycles. The van der Waals surface area contributed by atoms with Crippen LogP contribution in [0.25, 0.3) is 0 Å². The number of hydrogen-bond donors (Lipinski definition) is 0. The third-order valence-corrected chi connectivity index (χ3v) is 4.83. The van der Waals surface area contributed by atoms with Crippen molar-refractivity contribution < 1.29 is 14.3 Å². The number of piperidine rings is 1. The molecule has 3 rings (SSSR count). The molecule has 5 nitrogen and oxygen atoms in total. The first-order chi connectivity index (χ1) is 9.20. The maximum absolute atomic E-state index is 12.6. The fourth-order valence-electron chi connectivity index (χ4n) is 3.72. The van der Waals surface area contributed by atoms with E-state index in [9.17, 15) is 9.59 Å². The molecule has 106 valence electrons. The van der Waals surface area contributed by atoms with E-state index in [0.29, 0.717) is 0 Å². The van der Waals surface area contributed by atoms with Crippen molar-refractivity contribution in [2.75, 3.05) is 20.2 Å². The minimum absolute atomic E-state index is 0.130. The number of rotatable bonds is 2. The minimum atomic E-state index is -0.184. The van der Waals surface area contributed by atoms with Gasteiger partial charge in [-0.05, 0) is 38.5 Å². The molecule has 0 N–H and O–H groups in total. The van der Waals surface area contributed by atoms with Gasteiger partial charge in [-0.15, -0.1) is 0 Å². The summed E-state index contributed by atoms with van der Waals surface area (Å²) in [5.74, 6) is 0.297. The van der Waals surface area contributed by atoms with Crippen molar-refractivity contribution >= 4 is 11.8 Å². The molecule has 3 aliphatic rings. The average Bonchev–Trinajstić information content (AvgIpc) is 2.91. The first kappa shape index (κ1) is 12.9. The van der Waals surface area contributed by atoms with Crippen molar-refractivity contribution in [2.24, 2.45) is 0 Å². The Morgan fingerprint density at radius 3 is 2.68 bits per heavy atom. The molecule has 2 saturated heterocycles. The predicted octanol–water partition coefficient (Wildman–Crippen LogP) is 0.777. The van der Waals surface area contributed by atoms with Gasteiger partial charge in [0, 0.05) is 19.7 Å². The second-order valence-electron chi connectivity index (χ2n) is 5.89. The van der Waals surface area contributed by atoms with Crippen LogP contribution >= 0.6 is 0 Å². The van der Waals surface area contributed by atoms with Crippen LogP contribution in [0.4, 0.5) is 0 Å². The Morgan fingerprint density at radius 1 is 1.11 bits per heavy atom. The average molecular weight is 266 g/mol. The number of fused-ring (bicyclic) bond motifs is 1. The molecule has 0 radical (unpaired) electrons. The maximum Gasteiger partial charge on any atom is 0.246 e. The lowest BCUT2D eigenvalue weighted by Crippen LogP contribution is -2.63. The summed E-state index contributed by atoms with van der Waals surface area (Å²) >= 11 is 0. The van der Waals surface area contributed by atoms with E-state index in [-0.39, 0.29) is 36.5 Å². The summed E-state index contributed by atoms with van der Waals surface area (Å²) in [7, 11) is 1.72. The standard InChI is InChI=1S/C14H22N2O3/c1-19-11-6-5-10(8-11)16-9-13(17)15-7-3-2-4-12(15)14(16)18/h10-12H,2-9H2,1H3. The Bertz CT molecular complexity index is 385. The Hall–Kier alpha value is -1.10. The van der Waals surface area contributed by atoms with Gasteiger partial charge in [0.2, 0.25) is 11.8 Å². The Morgan fingerprint density at radius 2 is 1.95 bits per heavy atom. The highest BCUT2D eigenvalue weighted by Gasteiger charge is 2.44. The lowest BCUT2D eigenvalue weighted by atomic mass is 9.97. The van der Waals surface area contributed by atoms with Crippen molar-refractivity contribution in [3.63, 3.8) is 0 Å². The summed E-state index contributed by atoms with van der Waals surface area (Å²) in [6, 6.07) is 0.0158. The Labute approximate surface area is 113 Å². The molecule has 5 heteroatoms. The third-order valence-electron chi connectivity index (χ3n) is 4.83. The molecule has 2 heterocycles. The molecule has 3 atom stereocenters. The van der Waals surface area contributed by atoms with Crippen molar-refractivity contribution in [1.29, 1.82) is 0 Å². The van der Waals surface area contributed by atoms with E-state index in [1.165, 1.54) is 0 Å². The molecule has 1 aliphatic carbocycles. The second-order valence-corrected chi connectivity index (χ2v) is 5.89. The van der Waals surface area contributed by atoms with E-state index >= 15 is 0 Å². The molecule has 0 spiro atoms. The number of carbonyl (C=O) groups is 2. The van der Waals surface area contributed by atoms with Crippen LogP contribution < -0.4 is 0 Å². The monoisotopic (exact) mass is 266 g/mol. The van der Waals surface area contributed by atoms with E-state index in [1.807, 2.05) is 4.90 Å². The fraction of sp³-hybridized carbons (Fsp3) is 0.857. The summed E-state index contributed by atoms with van der Waals surface area (Å²) in [4.78, 5) is 28.4. The van der Waals surface area contributed by atoms with Gasteiger partial charge in [-0.25, -0.2) is 0 Å². The van der Waals surface area contributed by atoms with E-state index < -0.39 is 0 Å². The van der Waals surface area contributed by atoms with Crippen LogP contribution in [-0.2, 0) is 14.3 Å². The molecule has 3 unspecified atom stereocenters. The van der Waals surface area contributed by atoms with Crippen LogP contribution in [0.15, 0.2) is 0 Å². The van der Waals surface area contributed by atoms with E-state index in [1.54, 1.807) is 12.0 Å². The largest absolute Gasteiger partial charge is 0.381 e. The molecule has 0 aromatic carbocycles. The number of piperazine rings is 1. The van der Waals surface area contributed by atoms with Gasteiger partial charge >= 0.3 is 0 Å². The maximum atomic E-state index is 12.6. The van der Waals surface area contributed by atoms with E-state index in [2.05, 4.69) is 0 Å². The van der Waals surface area contributed by atoms with E-state index in [0.717, 1.165) is 45.1 Å². The molecule has 0 aromatic rings. The van der Waals surface area contributed by atoms with Gasteiger partial charge in [-0.2, -0.15) is 0 Å². The molecule has 0 bridgehead atoms. The highest BCUT2D eigenvalue weighted by molar-refractivity contribution is 5.95. The van der Waals surface area contributed by atoms with Crippen molar-refractivity contribution in [3.05, 3.63) is 0 Å². The summed E-state index contributed by atoms with van der Waals surface area (Å²) in [6.45, 7) is 1.03. The van der Waals surface area contributed by atoms with Gasteiger partial charge < -0.3 is 14.5 Å². The normalized spacial score (nSPS) is 35.7. The minimum Gasteiger partial charge on any atom is -0.381 e. The molecule has 0 aromatic heterocycles. The fourth-order valence-corrected chi connectivity index (χ4v) is 3.72. The predicted molar refractivity (Wildman–Crippen MR) is 69.5 cm³/mol. The smallest absolute Gasteiger partial charge is 0.246 e. The summed E-state index contributed by atoms with van der Waals surface area (Å²) in [5, 5.41) is 0. The van der Waals surface area contributed by atoms with Gasteiger partial charge in [-0.3, -0.25) is 9.59 Å². The zero-order valence-corrected chi connectivity index (χ0v) is 11.5. The summed E-state index contributed by atoms with van der Waals surface area (Å²) in [6.07, 6.45) is 6.00. The number of carbonyl (C=O) groups excluding carboxylic acids is 2. The molecular weight excluding hydrogens is 244 g/mol. The lowest BCUT2D eigenvalue weighted by molar-refractivity contribution is -0.160. The molecule has 19 heavy (non-hydrogen) atoms. The summed E-state index contributed by atoms with van der Waals surface area (Å²) in [5.41, 5.74) is 0. The number of ether oxygens (including phenoxy) is 1. The van der Waals surface area contributed by atoms with Crippen LogP contribution in [0.3, 0.4) is 0 Å². The van der Waals surface area contributed by atoms with Crippen LogP contribution in [0.5, 0.6) is 0 Å². The topological polar surface area (TPSA) is 49.9 Å². The summed E-state index contributed by atoms with van der Waals surface area (Å²) < 4.78 is 5.37. The van der Waals surface area contributed by atoms with Crippen LogP contribution in [-0.4, -0.2) is 60.0 Å². The molecule has 2 amide bonds. The zero-order chi connectivity index (χ0) is 13.4. The number of methoxy groups -OCH3 is 1. The van der Waals surface area contributed by atoms with Crippen LogP contribution in [0.2, 0.25) is 0 Å². The van der Waals surface area contributed by atoms with Crippen LogP contribution in [0, 0.1) is 0 Å². The quantitative estimate of drug-likeness (QED) is 0.742. The van der Waals surface area contributed by atoms with Crippen molar-refractivity contribution in [2.45, 2.75) is 56.7 Å². The Balaban J connectivity index is 1.73. The zero-order valence-electron chi connectivity index (χ0n) is 11.5. The van der Waals surface area contributed by atoms with Gasteiger partial charge in [-0.1, -0.05) is 0 Å². The third kappa shape index (κ3) is 2.24. The number of amides is 2. The second kappa shape index (κ2) is 5.12. The number of hydrogen-bond acceptors (Lipinski definition) is 3. The van der Waals surface area contributed by atoms with Gasteiger partial charge in [0.25, 0.3) is 0 Å². The Kier molecular flexibility index (Phi) is 3.48. The van der Waals surface area contributed by atoms with Gasteiger partial charge in [0.1, 0.15) is 12.6 Å². The first-order valence-corrected chi connectivity index (χ1v) is 7.33. The number of nitrogens with zero attached hydrogens (tertiary/aromatic N) is 2. The molecular formula is C14H22N2O3. The first-order valence-electron chi connectivity index (χ1n) is 7.33. The van der Waals surface area contributed by atoms with Crippen molar-refractivity contribution in [1.82, 2.24) is 9.80 Å². The van der Waals surface area contributed by atoms with Gasteiger partial charge in [0.05, 0.1) is 6.10 Å². The SMILES string of the molecule is COC1CCC(N2CC(=O)N3CCCCC3C2=O)C1. The van der Waals surface area contributed by atoms with Gasteiger partial charge in [0.15, 0.2) is 0 Å². The highest BCUT2D eigenvalue weighted by Crippen LogP contribution is 2.31. The molecule has 3 fully saturated rings. The lowest BCUT2D eigenvalue weighted by Gasteiger charge is -2.44.